The van der Waals surface area contributed by atoms with Crippen molar-refractivity contribution in [2.45, 2.75) is 20.8 Å². The van der Waals surface area contributed by atoms with Crippen LogP contribution in [0.25, 0.3) is 39.6 Å². The zero-order valence-electron chi connectivity index (χ0n) is 25.7. The summed E-state index contributed by atoms with van der Waals surface area (Å²) >= 11 is 0. The summed E-state index contributed by atoms with van der Waals surface area (Å²) in [5, 5.41) is 4.97. The van der Waals surface area contributed by atoms with Crippen LogP contribution in [0.4, 0.5) is 17.1 Å². The standard InChI is InChI=1S/C41H34N4/c1-29-27-30(2)39(31(3)28-29)32-19-21-36(22-20-32)44(35-17-11-6-12-18-35)37-23-25-38(26-24-37)45-41(34-15-9-5-10-16-34)42-40(43-45)33-13-7-4-8-14-33/h4-28H,1-3H3. The minimum Gasteiger partial charge on any atom is -0.311 e. The number of hydrogen-bond acceptors (Lipinski definition) is 3. The van der Waals surface area contributed by atoms with E-state index in [-0.39, 0.29) is 0 Å². The molecule has 0 atom stereocenters. The molecule has 0 bridgehead atoms. The van der Waals surface area contributed by atoms with Crippen LogP contribution < -0.4 is 4.90 Å². The average molecular weight is 583 g/mol. The molecule has 1 aromatic heterocycles. The first-order valence-corrected chi connectivity index (χ1v) is 15.3. The van der Waals surface area contributed by atoms with Crippen LogP contribution in [0.1, 0.15) is 16.7 Å². The molecule has 45 heavy (non-hydrogen) atoms. The minimum absolute atomic E-state index is 0.698. The van der Waals surface area contributed by atoms with E-state index in [0.29, 0.717) is 5.82 Å². The van der Waals surface area contributed by atoms with E-state index in [9.17, 15) is 0 Å². The Kier molecular flexibility index (Phi) is 7.54. The molecule has 0 N–H and O–H groups in total. The summed E-state index contributed by atoms with van der Waals surface area (Å²) in [6.07, 6.45) is 0. The largest absolute Gasteiger partial charge is 0.311 e. The molecule has 7 rings (SSSR count). The van der Waals surface area contributed by atoms with Crippen LogP contribution in [0.3, 0.4) is 0 Å². The quantitative estimate of drug-likeness (QED) is 0.187. The molecule has 0 saturated carbocycles. The van der Waals surface area contributed by atoms with E-state index in [2.05, 4.69) is 129 Å². The van der Waals surface area contributed by atoms with Gasteiger partial charge in [-0.15, -0.1) is 5.10 Å². The molecule has 0 unspecified atom stereocenters. The van der Waals surface area contributed by atoms with Gasteiger partial charge < -0.3 is 4.90 Å². The topological polar surface area (TPSA) is 34.0 Å². The number of nitrogens with zero attached hydrogens (tertiary/aromatic N) is 4. The van der Waals surface area contributed by atoms with Crippen molar-refractivity contribution in [2.24, 2.45) is 0 Å². The maximum atomic E-state index is 4.97. The Bertz CT molecular complexity index is 2020. The predicted octanol–water partition coefficient (Wildman–Crippen LogP) is 10.7. The Morgan fingerprint density at radius 3 is 1.56 bits per heavy atom. The van der Waals surface area contributed by atoms with Crippen LogP contribution in [0.5, 0.6) is 0 Å². The fraction of sp³-hybridized carbons (Fsp3) is 0.0732. The summed E-state index contributed by atoms with van der Waals surface area (Å²) in [7, 11) is 0. The lowest BCUT2D eigenvalue weighted by molar-refractivity contribution is 0.890. The van der Waals surface area contributed by atoms with Gasteiger partial charge in [0.1, 0.15) is 0 Å². The molecule has 7 aromatic rings. The molecular weight excluding hydrogens is 548 g/mol. The van der Waals surface area contributed by atoms with Gasteiger partial charge in [-0.1, -0.05) is 109 Å². The highest BCUT2D eigenvalue weighted by atomic mass is 15.4. The molecule has 0 amide bonds. The van der Waals surface area contributed by atoms with Crippen molar-refractivity contribution >= 4 is 17.1 Å². The third-order valence-corrected chi connectivity index (χ3v) is 8.13. The second-order valence-corrected chi connectivity index (χ2v) is 11.4. The number of hydrogen-bond donors (Lipinski definition) is 0. The predicted molar refractivity (Wildman–Crippen MR) is 187 cm³/mol. The van der Waals surface area contributed by atoms with Crippen molar-refractivity contribution in [3.05, 3.63) is 168 Å². The smallest absolute Gasteiger partial charge is 0.182 e. The molecule has 0 radical (unpaired) electrons. The molecule has 4 nitrogen and oxygen atoms in total. The van der Waals surface area contributed by atoms with E-state index in [4.69, 9.17) is 10.1 Å². The van der Waals surface area contributed by atoms with Crippen LogP contribution in [-0.4, -0.2) is 14.8 Å². The highest BCUT2D eigenvalue weighted by Crippen LogP contribution is 2.37. The summed E-state index contributed by atoms with van der Waals surface area (Å²) in [6, 6.07) is 52.8. The van der Waals surface area contributed by atoms with Crippen molar-refractivity contribution in [3.8, 4) is 39.6 Å². The molecule has 0 spiro atoms. The molecule has 1 heterocycles. The first-order valence-electron chi connectivity index (χ1n) is 15.3. The van der Waals surface area contributed by atoms with Crippen LogP contribution in [0.2, 0.25) is 0 Å². The lowest BCUT2D eigenvalue weighted by Crippen LogP contribution is -2.10. The number of rotatable bonds is 7. The van der Waals surface area contributed by atoms with E-state index in [1.807, 2.05) is 53.2 Å². The maximum absolute atomic E-state index is 4.97. The summed E-state index contributed by atoms with van der Waals surface area (Å²) in [6.45, 7) is 6.55. The van der Waals surface area contributed by atoms with E-state index < -0.39 is 0 Å². The Balaban J connectivity index is 1.28. The van der Waals surface area contributed by atoms with E-state index in [1.54, 1.807) is 0 Å². The van der Waals surface area contributed by atoms with Crippen molar-refractivity contribution in [1.82, 2.24) is 14.8 Å². The van der Waals surface area contributed by atoms with Gasteiger partial charge in [-0.2, -0.15) is 0 Å². The van der Waals surface area contributed by atoms with Gasteiger partial charge in [0.25, 0.3) is 0 Å². The Labute approximate surface area is 264 Å². The van der Waals surface area contributed by atoms with Crippen LogP contribution >= 0.6 is 0 Å². The number of aromatic nitrogens is 3. The lowest BCUT2D eigenvalue weighted by Gasteiger charge is -2.26. The normalized spacial score (nSPS) is 11.0. The molecule has 6 aromatic carbocycles. The van der Waals surface area contributed by atoms with E-state index >= 15 is 0 Å². The molecule has 0 fully saturated rings. The van der Waals surface area contributed by atoms with Gasteiger partial charge in [0.2, 0.25) is 0 Å². The highest BCUT2D eigenvalue weighted by Gasteiger charge is 2.17. The van der Waals surface area contributed by atoms with Crippen molar-refractivity contribution in [2.75, 3.05) is 4.90 Å². The van der Waals surface area contributed by atoms with Gasteiger partial charge in [0.05, 0.1) is 5.69 Å². The Morgan fingerprint density at radius 2 is 0.978 bits per heavy atom. The number of aryl methyl sites for hydroxylation is 3. The molecule has 0 saturated heterocycles. The SMILES string of the molecule is Cc1cc(C)c(-c2ccc(N(c3ccccc3)c3ccc(-n4nc(-c5ccccc5)nc4-c4ccccc4)cc3)cc2)c(C)c1. The van der Waals surface area contributed by atoms with E-state index in [1.165, 1.54) is 27.8 Å². The number of para-hydroxylation sites is 1. The summed E-state index contributed by atoms with van der Waals surface area (Å²) < 4.78 is 1.94. The minimum atomic E-state index is 0.698. The third kappa shape index (κ3) is 5.66. The van der Waals surface area contributed by atoms with Gasteiger partial charge >= 0.3 is 0 Å². The Morgan fingerprint density at radius 1 is 0.489 bits per heavy atom. The highest BCUT2D eigenvalue weighted by molar-refractivity contribution is 5.80. The van der Waals surface area contributed by atoms with Crippen molar-refractivity contribution < 1.29 is 0 Å². The first kappa shape index (κ1) is 28.1. The monoisotopic (exact) mass is 582 g/mol. The van der Waals surface area contributed by atoms with Gasteiger partial charge in [-0.25, -0.2) is 9.67 Å². The zero-order chi connectivity index (χ0) is 30.8. The fourth-order valence-corrected chi connectivity index (χ4v) is 6.16. The van der Waals surface area contributed by atoms with Crippen molar-refractivity contribution in [3.63, 3.8) is 0 Å². The lowest BCUT2D eigenvalue weighted by atomic mass is 9.93. The van der Waals surface area contributed by atoms with Crippen LogP contribution in [0, 0.1) is 20.8 Å². The summed E-state index contributed by atoms with van der Waals surface area (Å²) in [5.41, 5.74) is 12.6. The van der Waals surface area contributed by atoms with Crippen LogP contribution in [-0.2, 0) is 0 Å². The Hall–Kier alpha value is -5.74. The van der Waals surface area contributed by atoms with Gasteiger partial charge in [-0.3, -0.25) is 0 Å². The molecule has 0 aliphatic carbocycles. The zero-order valence-corrected chi connectivity index (χ0v) is 25.7. The van der Waals surface area contributed by atoms with Gasteiger partial charge in [0, 0.05) is 28.2 Å². The summed E-state index contributed by atoms with van der Waals surface area (Å²) in [5.74, 6) is 1.50. The average Bonchev–Trinajstić information content (AvgIpc) is 3.53. The van der Waals surface area contributed by atoms with E-state index in [0.717, 1.165) is 39.7 Å². The molecule has 0 aliphatic rings. The maximum Gasteiger partial charge on any atom is 0.182 e. The number of anilines is 3. The molecule has 218 valence electrons. The van der Waals surface area contributed by atoms with Crippen molar-refractivity contribution in [1.29, 1.82) is 0 Å². The third-order valence-electron chi connectivity index (χ3n) is 8.13. The fourth-order valence-electron chi connectivity index (χ4n) is 6.16. The summed E-state index contributed by atoms with van der Waals surface area (Å²) in [4.78, 5) is 7.26. The van der Waals surface area contributed by atoms with Gasteiger partial charge in [0.15, 0.2) is 11.6 Å². The second-order valence-electron chi connectivity index (χ2n) is 11.4. The first-order chi connectivity index (χ1) is 22.0. The molecule has 4 heteroatoms. The number of benzene rings is 6. The second kappa shape index (κ2) is 12.1. The molecule has 0 aliphatic heterocycles. The van der Waals surface area contributed by atoms with Crippen LogP contribution in [0.15, 0.2) is 152 Å². The van der Waals surface area contributed by atoms with Gasteiger partial charge in [-0.05, 0) is 91.6 Å². The molecular formula is C41H34N4.